The average Bonchev–Trinajstić information content (AvgIpc) is 3.25. The van der Waals surface area contributed by atoms with Crippen LogP contribution in [-0.4, -0.2) is 59.4 Å². The quantitative estimate of drug-likeness (QED) is 0.602. The first kappa shape index (κ1) is 21.3. The highest BCUT2D eigenvalue weighted by molar-refractivity contribution is 7.14. The summed E-state index contributed by atoms with van der Waals surface area (Å²) in [6.07, 6.45) is 0. The minimum absolute atomic E-state index is 0.123. The third kappa shape index (κ3) is 5.61. The Bertz CT molecular complexity index is 1050. The van der Waals surface area contributed by atoms with E-state index in [-0.39, 0.29) is 18.5 Å². The van der Waals surface area contributed by atoms with Crippen LogP contribution < -0.4 is 10.6 Å². The van der Waals surface area contributed by atoms with Crippen molar-refractivity contribution >= 4 is 45.7 Å². The molecule has 1 aliphatic rings. The highest BCUT2D eigenvalue weighted by Crippen LogP contribution is 2.25. The van der Waals surface area contributed by atoms with E-state index in [0.29, 0.717) is 42.0 Å². The van der Waals surface area contributed by atoms with E-state index in [4.69, 9.17) is 11.6 Å². The molecule has 0 radical (unpaired) electrons. The van der Waals surface area contributed by atoms with Gasteiger partial charge in [-0.3, -0.25) is 15.0 Å². The largest absolute Gasteiger partial charge is 0.324 e. The van der Waals surface area contributed by atoms with Crippen LogP contribution in [0.1, 0.15) is 0 Å². The molecule has 0 saturated carbocycles. The second-order valence-electron chi connectivity index (χ2n) is 7.13. The number of hydrogen-bond donors (Lipinski definition) is 2. The van der Waals surface area contributed by atoms with Gasteiger partial charge in [-0.2, -0.15) is 0 Å². The SMILES string of the molecule is O=C(CN1CCN(C(=O)Nc2nc(-c3ccccc3)cs2)CC1)Nc1ccccc1Cl. The predicted molar refractivity (Wildman–Crippen MR) is 125 cm³/mol. The summed E-state index contributed by atoms with van der Waals surface area (Å²) in [5.74, 6) is -0.123. The van der Waals surface area contributed by atoms with Crippen LogP contribution in [0.25, 0.3) is 11.3 Å². The minimum atomic E-state index is -0.172. The maximum absolute atomic E-state index is 12.6. The number of piperazine rings is 1. The van der Waals surface area contributed by atoms with Gasteiger partial charge in [-0.1, -0.05) is 54.1 Å². The second-order valence-corrected chi connectivity index (χ2v) is 8.39. The first-order valence-corrected chi connectivity index (χ1v) is 11.2. The number of nitrogens with zero attached hydrogens (tertiary/aromatic N) is 3. The molecule has 3 amide bonds. The third-order valence-electron chi connectivity index (χ3n) is 4.96. The molecule has 0 bridgehead atoms. The normalized spacial score (nSPS) is 14.3. The Morgan fingerprint density at radius 3 is 2.42 bits per heavy atom. The zero-order valence-corrected chi connectivity index (χ0v) is 18.3. The van der Waals surface area contributed by atoms with Gasteiger partial charge in [0, 0.05) is 37.1 Å². The topological polar surface area (TPSA) is 77.6 Å². The van der Waals surface area contributed by atoms with E-state index in [2.05, 4.69) is 15.6 Å². The third-order valence-corrected chi connectivity index (χ3v) is 6.05. The van der Waals surface area contributed by atoms with Crippen molar-refractivity contribution in [3.8, 4) is 11.3 Å². The fourth-order valence-corrected chi connectivity index (χ4v) is 4.20. The van der Waals surface area contributed by atoms with Gasteiger partial charge in [0.25, 0.3) is 0 Å². The number of anilines is 2. The number of urea groups is 1. The van der Waals surface area contributed by atoms with Crippen molar-refractivity contribution in [2.75, 3.05) is 43.4 Å². The van der Waals surface area contributed by atoms with E-state index in [0.717, 1.165) is 11.3 Å². The van der Waals surface area contributed by atoms with Crippen LogP contribution in [0.5, 0.6) is 0 Å². The first-order chi connectivity index (χ1) is 15.1. The lowest BCUT2D eigenvalue weighted by molar-refractivity contribution is -0.117. The number of halogens is 1. The van der Waals surface area contributed by atoms with Gasteiger partial charge in [0.15, 0.2) is 5.13 Å². The second kappa shape index (κ2) is 9.91. The van der Waals surface area contributed by atoms with Crippen LogP contribution in [-0.2, 0) is 4.79 Å². The van der Waals surface area contributed by atoms with Crippen LogP contribution in [0.4, 0.5) is 15.6 Å². The molecular formula is C22H22ClN5O2S. The molecule has 1 aromatic heterocycles. The van der Waals surface area contributed by atoms with Crippen molar-refractivity contribution in [3.05, 3.63) is 65.0 Å². The lowest BCUT2D eigenvalue weighted by atomic mass is 10.2. The fourth-order valence-electron chi connectivity index (χ4n) is 3.31. The summed E-state index contributed by atoms with van der Waals surface area (Å²) in [5, 5.41) is 8.72. The number of aromatic nitrogens is 1. The van der Waals surface area contributed by atoms with Gasteiger partial charge >= 0.3 is 6.03 Å². The molecule has 1 fully saturated rings. The number of rotatable bonds is 5. The Hall–Kier alpha value is -2.94. The van der Waals surface area contributed by atoms with Crippen LogP contribution >= 0.6 is 22.9 Å². The van der Waals surface area contributed by atoms with Gasteiger partial charge in [0.1, 0.15) is 0 Å². The van der Waals surface area contributed by atoms with Gasteiger partial charge in [0.2, 0.25) is 5.91 Å². The highest BCUT2D eigenvalue weighted by Gasteiger charge is 2.23. The zero-order chi connectivity index (χ0) is 21.6. The number of amides is 3. The van der Waals surface area contributed by atoms with Crippen LogP contribution in [0, 0.1) is 0 Å². The number of thiazole rings is 1. The van der Waals surface area contributed by atoms with E-state index >= 15 is 0 Å². The van der Waals surface area contributed by atoms with E-state index in [9.17, 15) is 9.59 Å². The molecule has 7 nitrogen and oxygen atoms in total. The molecule has 1 saturated heterocycles. The lowest BCUT2D eigenvalue weighted by Crippen LogP contribution is -2.51. The molecule has 4 rings (SSSR count). The summed E-state index contributed by atoms with van der Waals surface area (Å²) in [4.78, 5) is 33.2. The maximum Gasteiger partial charge on any atom is 0.323 e. The van der Waals surface area contributed by atoms with Crippen molar-refractivity contribution in [3.63, 3.8) is 0 Å². The molecule has 0 atom stereocenters. The number of carbonyl (C=O) groups excluding carboxylic acids is 2. The molecule has 2 aromatic carbocycles. The van der Waals surface area contributed by atoms with Gasteiger partial charge in [-0.25, -0.2) is 9.78 Å². The van der Waals surface area contributed by atoms with Crippen LogP contribution in [0.15, 0.2) is 60.0 Å². The summed E-state index contributed by atoms with van der Waals surface area (Å²) in [5.41, 5.74) is 2.46. The van der Waals surface area contributed by atoms with Gasteiger partial charge in [-0.15, -0.1) is 11.3 Å². The average molecular weight is 456 g/mol. The number of hydrogen-bond acceptors (Lipinski definition) is 5. The summed E-state index contributed by atoms with van der Waals surface area (Å²) in [6.45, 7) is 2.59. The monoisotopic (exact) mass is 455 g/mol. The Morgan fingerprint density at radius 2 is 1.68 bits per heavy atom. The lowest BCUT2D eigenvalue weighted by Gasteiger charge is -2.34. The number of benzene rings is 2. The molecule has 31 heavy (non-hydrogen) atoms. The zero-order valence-electron chi connectivity index (χ0n) is 16.8. The van der Waals surface area contributed by atoms with Crippen molar-refractivity contribution in [1.82, 2.24) is 14.8 Å². The summed E-state index contributed by atoms with van der Waals surface area (Å²) >= 11 is 7.49. The molecule has 160 valence electrons. The van der Waals surface area contributed by atoms with Gasteiger partial charge in [-0.05, 0) is 12.1 Å². The van der Waals surface area contributed by atoms with E-state index < -0.39 is 0 Å². The van der Waals surface area contributed by atoms with Crippen molar-refractivity contribution in [2.45, 2.75) is 0 Å². The Balaban J connectivity index is 1.24. The number of carbonyl (C=O) groups is 2. The maximum atomic E-state index is 12.6. The minimum Gasteiger partial charge on any atom is -0.324 e. The summed E-state index contributed by atoms with van der Waals surface area (Å²) in [7, 11) is 0. The van der Waals surface area contributed by atoms with E-state index in [1.807, 2.05) is 52.7 Å². The molecule has 1 aliphatic heterocycles. The Labute approximate surface area is 189 Å². The molecule has 0 unspecified atom stereocenters. The van der Waals surface area contributed by atoms with Crippen LogP contribution in [0.3, 0.4) is 0 Å². The van der Waals surface area contributed by atoms with Crippen molar-refractivity contribution in [1.29, 1.82) is 0 Å². The summed E-state index contributed by atoms with van der Waals surface area (Å²) < 4.78 is 0. The van der Waals surface area contributed by atoms with Crippen molar-refractivity contribution < 1.29 is 9.59 Å². The summed E-state index contributed by atoms with van der Waals surface area (Å²) in [6, 6.07) is 16.8. The molecule has 2 N–H and O–H groups in total. The Morgan fingerprint density at radius 1 is 0.968 bits per heavy atom. The van der Waals surface area contributed by atoms with Gasteiger partial charge < -0.3 is 10.2 Å². The molecule has 9 heteroatoms. The highest BCUT2D eigenvalue weighted by atomic mass is 35.5. The van der Waals surface area contributed by atoms with Crippen molar-refractivity contribution in [2.24, 2.45) is 0 Å². The fraction of sp³-hybridized carbons (Fsp3) is 0.227. The molecule has 0 aliphatic carbocycles. The molecule has 0 spiro atoms. The van der Waals surface area contributed by atoms with E-state index in [1.54, 1.807) is 17.0 Å². The number of para-hydroxylation sites is 1. The van der Waals surface area contributed by atoms with E-state index in [1.165, 1.54) is 11.3 Å². The molecule has 3 aromatic rings. The molecular weight excluding hydrogens is 434 g/mol. The van der Waals surface area contributed by atoms with Gasteiger partial charge in [0.05, 0.1) is 22.9 Å². The first-order valence-electron chi connectivity index (χ1n) is 9.92. The molecule has 2 heterocycles. The smallest absolute Gasteiger partial charge is 0.323 e. The van der Waals surface area contributed by atoms with Crippen LogP contribution in [0.2, 0.25) is 5.02 Å². The number of nitrogens with one attached hydrogen (secondary N) is 2. The standard InChI is InChI=1S/C22H22ClN5O2S/c23-17-8-4-5-9-18(17)24-20(29)14-27-10-12-28(13-11-27)22(30)26-21-25-19(15-31-21)16-6-2-1-3-7-16/h1-9,15H,10-14H2,(H,24,29)(H,25,26,30). The Kier molecular flexibility index (Phi) is 6.81. The predicted octanol–water partition coefficient (Wildman–Crippen LogP) is 4.25.